The van der Waals surface area contributed by atoms with Crippen molar-refractivity contribution in [2.75, 3.05) is 5.75 Å². The summed E-state index contributed by atoms with van der Waals surface area (Å²) < 4.78 is 0. The van der Waals surface area contributed by atoms with Gasteiger partial charge in [0, 0.05) is 10.5 Å². The largest absolute Gasteiger partial charge is 0.389 e. The Kier molecular flexibility index (Phi) is 3.56. The highest BCUT2D eigenvalue weighted by Gasteiger charge is 1.95. The molecule has 0 bridgehead atoms. The average molecular weight is 197 g/mol. The Morgan fingerprint density at radius 3 is 2.42 bits per heavy atom. The molecular formula is C9H11NS2. The third-order valence-corrected chi connectivity index (χ3v) is 2.58. The first kappa shape index (κ1) is 9.55. The molecule has 1 nitrogen and oxygen atoms in total. The standard InChI is InChI=1S/C9H11NS2/c1-2-12-8-5-3-7(4-6-8)9(10)11/h3-6H,2H2,1H3,(H2,10,11). The van der Waals surface area contributed by atoms with Crippen LogP contribution in [0.25, 0.3) is 0 Å². The molecule has 1 aromatic carbocycles. The number of rotatable bonds is 3. The van der Waals surface area contributed by atoms with Crippen LogP contribution in [0.3, 0.4) is 0 Å². The fourth-order valence-corrected chi connectivity index (χ4v) is 1.68. The Labute approximate surface area is 82.3 Å². The second kappa shape index (κ2) is 4.48. The van der Waals surface area contributed by atoms with Crippen LogP contribution in [-0.2, 0) is 0 Å². The summed E-state index contributed by atoms with van der Waals surface area (Å²) in [6.45, 7) is 2.13. The van der Waals surface area contributed by atoms with Gasteiger partial charge in [0.25, 0.3) is 0 Å². The SMILES string of the molecule is CCSc1ccc(C(N)=S)cc1. The van der Waals surface area contributed by atoms with Gasteiger partial charge in [0.2, 0.25) is 0 Å². The van der Waals surface area contributed by atoms with Crippen LogP contribution < -0.4 is 5.73 Å². The van der Waals surface area contributed by atoms with Gasteiger partial charge in [-0.3, -0.25) is 0 Å². The molecule has 0 aliphatic rings. The minimum absolute atomic E-state index is 0.461. The third kappa shape index (κ3) is 2.50. The monoisotopic (exact) mass is 197 g/mol. The van der Waals surface area contributed by atoms with Crippen molar-refractivity contribution in [2.24, 2.45) is 5.73 Å². The third-order valence-electron chi connectivity index (χ3n) is 1.45. The maximum Gasteiger partial charge on any atom is 0.103 e. The molecule has 1 rings (SSSR count). The predicted molar refractivity (Wildman–Crippen MR) is 58.7 cm³/mol. The van der Waals surface area contributed by atoms with E-state index in [4.69, 9.17) is 18.0 Å². The van der Waals surface area contributed by atoms with Gasteiger partial charge in [0.1, 0.15) is 4.99 Å². The van der Waals surface area contributed by atoms with Crippen LogP contribution in [0.1, 0.15) is 12.5 Å². The van der Waals surface area contributed by atoms with Gasteiger partial charge in [0.05, 0.1) is 0 Å². The molecule has 0 aliphatic heterocycles. The van der Waals surface area contributed by atoms with Crippen molar-refractivity contribution in [3.8, 4) is 0 Å². The van der Waals surface area contributed by atoms with E-state index < -0.39 is 0 Å². The number of thioether (sulfide) groups is 1. The van der Waals surface area contributed by atoms with Crippen LogP contribution in [-0.4, -0.2) is 10.7 Å². The molecule has 0 heterocycles. The second-order valence-electron chi connectivity index (χ2n) is 2.32. The zero-order valence-corrected chi connectivity index (χ0v) is 8.54. The first-order valence-corrected chi connectivity index (χ1v) is 5.16. The molecule has 0 fully saturated rings. The predicted octanol–water partition coefficient (Wildman–Crippen LogP) is 2.43. The fourth-order valence-electron chi connectivity index (χ4n) is 0.882. The molecule has 1 aromatic rings. The summed E-state index contributed by atoms with van der Waals surface area (Å²) in [7, 11) is 0. The van der Waals surface area contributed by atoms with Gasteiger partial charge in [-0.2, -0.15) is 0 Å². The molecule has 0 amide bonds. The lowest BCUT2D eigenvalue weighted by molar-refractivity contribution is 1.42. The summed E-state index contributed by atoms with van der Waals surface area (Å²) in [5.74, 6) is 1.09. The van der Waals surface area contributed by atoms with Crippen molar-refractivity contribution in [2.45, 2.75) is 11.8 Å². The molecule has 0 saturated heterocycles. The van der Waals surface area contributed by atoms with Gasteiger partial charge in [0.15, 0.2) is 0 Å². The number of thiocarbonyl (C=S) groups is 1. The first-order valence-electron chi connectivity index (χ1n) is 3.76. The van der Waals surface area contributed by atoms with E-state index in [9.17, 15) is 0 Å². The van der Waals surface area contributed by atoms with Crippen LogP contribution in [0.15, 0.2) is 29.2 Å². The lowest BCUT2D eigenvalue weighted by Gasteiger charge is -2.00. The fraction of sp³-hybridized carbons (Fsp3) is 0.222. The summed E-state index contributed by atoms with van der Waals surface area (Å²) in [5.41, 5.74) is 6.40. The molecule has 12 heavy (non-hydrogen) atoms. The number of nitrogens with two attached hydrogens (primary N) is 1. The van der Waals surface area contributed by atoms with E-state index in [-0.39, 0.29) is 0 Å². The molecule has 0 atom stereocenters. The van der Waals surface area contributed by atoms with Crippen molar-refractivity contribution in [1.82, 2.24) is 0 Å². The average Bonchev–Trinajstić information content (AvgIpc) is 2.06. The zero-order valence-electron chi connectivity index (χ0n) is 6.91. The van der Waals surface area contributed by atoms with E-state index in [2.05, 4.69) is 6.92 Å². The van der Waals surface area contributed by atoms with E-state index in [1.54, 1.807) is 0 Å². The van der Waals surface area contributed by atoms with Crippen molar-refractivity contribution in [3.63, 3.8) is 0 Å². The lowest BCUT2D eigenvalue weighted by atomic mass is 10.2. The van der Waals surface area contributed by atoms with Gasteiger partial charge < -0.3 is 5.73 Å². The van der Waals surface area contributed by atoms with Gasteiger partial charge in [-0.1, -0.05) is 31.3 Å². The normalized spacial score (nSPS) is 9.75. The highest BCUT2D eigenvalue weighted by atomic mass is 32.2. The maximum atomic E-state index is 5.46. The van der Waals surface area contributed by atoms with Gasteiger partial charge >= 0.3 is 0 Å². The van der Waals surface area contributed by atoms with Gasteiger partial charge in [-0.25, -0.2) is 0 Å². The molecule has 0 aromatic heterocycles. The van der Waals surface area contributed by atoms with Crippen LogP contribution in [0.5, 0.6) is 0 Å². The summed E-state index contributed by atoms with van der Waals surface area (Å²) in [6, 6.07) is 8.01. The maximum absolute atomic E-state index is 5.46. The molecule has 0 saturated carbocycles. The summed E-state index contributed by atoms with van der Waals surface area (Å²) in [5, 5.41) is 0. The quantitative estimate of drug-likeness (QED) is 0.595. The lowest BCUT2D eigenvalue weighted by Crippen LogP contribution is -2.08. The minimum Gasteiger partial charge on any atom is -0.389 e. The zero-order chi connectivity index (χ0) is 8.97. The van der Waals surface area contributed by atoms with Crippen LogP contribution in [0.4, 0.5) is 0 Å². The van der Waals surface area contributed by atoms with E-state index in [0.717, 1.165) is 11.3 Å². The first-order chi connectivity index (χ1) is 5.74. The van der Waals surface area contributed by atoms with Crippen LogP contribution in [0.2, 0.25) is 0 Å². The molecular weight excluding hydrogens is 186 g/mol. The highest BCUT2D eigenvalue weighted by Crippen LogP contribution is 2.17. The van der Waals surface area contributed by atoms with Crippen molar-refractivity contribution < 1.29 is 0 Å². The number of benzene rings is 1. The molecule has 64 valence electrons. The smallest absolute Gasteiger partial charge is 0.103 e. The Balaban J connectivity index is 2.78. The topological polar surface area (TPSA) is 26.0 Å². The van der Waals surface area contributed by atoms with Crippen molar-refractivity contribution >= 4 is 29.0 Å². The molecule has 0 radical (unpaired) electrons. The van der Waals surface area contributed by atoms with E-state index in [0.29, 0.717) is 4.99 Å². The molecule has 0 aliphatic carbocycles. The van der Waals surface area contributed by atoms with Crippen molar-refractivity contribution in [3.05, 3.63) is 29.8 Å². The van der Waals surface area contributed by atoms with E-state index >= 15 is 0 Å². The van der Waals surface area contributed by atoms with Crippen LogP contribution >= 0.6 is 24.0 Å². The molecule has 0 unspecified atom stereocenters. The molecule has 3 heteroatoms. The van der Waals surface area contributed by atoms with Gasteiger partial charge in [-0.05, 0) is 17.9 Å². The van der Waals surface area contributed by atoms with Crippen LogP contribution in [0, 0.1) is 0 Å². The summed E-state index contributed by atoms with van der Waals surface area (Å²) >= 11 is 6.65. The number of hydrogen-bond acceptors (Lipinski definition) is 2. The van der Waals surface area contributed by atoms with Gasteiger partial charge in [-0.15, -0.1) is 11.8 Å². The molecule has 2 N–H and O–H groups in total. The summed E-state index contributed by atoms with van der Waals surface area (Å²) in [4.78, 5) is 1.72. The summed E-state index contributed by atoms with van der Waals surface area (Å²) in [6.07, 6.45) is 0. The Hall–Kier alpha value is -0.540. The van der Waals surface area contributed by atoms with E-state index in [1.165, 1.54) is 4.90 Å². The second-order valence-corrected chi connectivity index (χ2v) is 4.10. The molecule has 0 spiro atoms. The Bertz CT molecular complexity index is 266. The minimum atomic E-state index is 0.461. The van der Waals surface area contributed by atoms with Crippen molar-refractivity contribution in [1.29, 1.82) is 0 Å². The number of hydrogen-bond donors (Lipinski definition) is 1. The highest BCUT2D eigenvalue weighted by molar-refractivity contribution is 7.99. The Morgan fingerprint density at radius 2 is 2.00 bits per heavy atom. The Morgan fingerprint density at radius 1 is 1.42 bits per heavy atom. The van der Waals surface area contributed by atoms with E-state index in [1.807, 2.05) is 36.0 Å².